The summed E-state index contributed by atoms with van der Waals surface area (Å²) in [5.41, 5.74) is 0. The van der Waals surface area contributed by atoms with Crippen LogP contribution in [0, 0.1) is 0 Å². The molecule has 0 bridgehead atoms. The Hall–Kier alpha value is -0.0831. The molecule has 0 atom stereocenters. The zero-order valence-electron chi connectivity index (χ0n) is 7.48. The van der Waals surface area contributed by atoms with Crippen LogP contribution in [0.5, 0.6) is 0 Å². The molecule has 0 N–H and O–H groups in total. The summed E-state index contributed by atoms with van der Waals surface area (Å²) in [5.74, 6) is 0. The minimum absolute atomic E-state index is 0.889. The van der Waals surface area contributed by atoms with E-state index in [2.05, 4.69) is 31.8 Å². The predicted molar refractivity (Wildman–Crippen MR) is 48.7 cm³/mol. The van der Waals surface area contributed by atoms with Gasteiger partial charge in [0.05, 0.1) is 0 Å². The van der Waals surface area contributed by atoms with Crippen molar-refractivity contribution >= 4 is 8.32 Å². The zero-order chi connectivity index (χ0) is 8.04. The van der Waals surface area contributed by atoms with Gasteiger partial charge in [0.25, 0.3) is 0 Å². The standard InChI is InChI=1S/C8H18OSi/c1-5-6-7-8-9-10(2,3)4/h5-6H,7-8H2,1-4H3/b6-5-. The van der Waals surface area contributed by atoms with E-state index in [9.17, 15) is 0 Å². The van der Waals surface area contributed by atoms with Gasteiger partial charge in [-0.25, -0.2) is 0 Å². The van der Waals surface area contributed by atoms with Gasteiger partial charge in [0, 0.05) is 6.61 Å². The van der Waals surface area contributed by atoms with Gasteiger partial charge >= 0.3 is 0 Å². The van der Waals surface area contributed by atoms with Crippen molar-refractivity contribution < 1.29 is 4.43 Å². The third-order valence-corrected chi connectivity index (χ3v) is 2.13. The average molecular weight is 158 g/mol. The largest absolute Gasteiger partial charge is 0.417 e. The molecule has 0 aliphatic carbocycles. The number of hydrogen-bond acceptors (Lipinski definition) is 1. The number of hydrogen-bond donors (Lipinski definition) is 0. The SMILES string of the molecule is C/C=C\CCO[Si](C)(C)C. The summed E-state index contributed by atoms with van der Waals surface area (Å²) in [4.78, 5) is 0. The van der Waals surface area contributed by atoms with E-state index in [0.29, 0.717) is 0 Å². The summed E-state index contributed by atoms with van der Waals surface area (Å²) in [6, 6.07) is 0. The van der Waals surface area contributed by atoms with Crippen LogP contribution in [0.15, 0.2) is 12.2 Å². The second kappa shape index (κ2) is 4.69. The predicted octanol–water partition coefficient (Wildman–Crippen LogP) is 2.80. The molecule has 0 amide bonds. The van der Waals surface area contributed by atoms with Crippen LogP contribution in [0.1, 0.15) is 13.3 Å². The van der Waals surface area contributed by atoms with E-state index in [1.165, 1.54) is 0 Å². The van der Waals surface area contributed by atoms with Gasteiger partial charge in [0.1, 0.15) is 0 Å². The van der Waals surface area contributed by atoms with Crippen molar-refractivity contribution in [3.05, 3.63) is 12.2 Å². The maximum Gasteiger partial charge on any atom is 0.183 e. The summed E-state index contributed by atoms with van der Waals surface area (Å²) in [6.45, 7) is 9.56. The molecule has 0 spiro atoms. The molecule has 0 rings (SSSR count). The van der Waals surface area contributed by atoms with E-state index in [1.807, 2.05) is 6.92 Å². The van der Waals surface area contributed by atoms with Gasteiger partial charge in [-0.1, -0.05) is 12.2 Å². The minimum atomic E-state index is -1.24. The Morgan fingerprint density at radius 1 is 1.30 bits per heavy atom. The molecule has 0 aliphatic rings. The van der Waals surface area contributed by atoms with Gasteiger partial charge in [0.2, 0.25) is 0 Å². The fourth-order valence-electron chi connectivity index (χ4n) is 0.600. The topological polar surface area (TPSA) is 9.23 Å². The van der Waals surface area contributed by atoms with Crippen LogP contribution >= 0.6 is 0 Å². The maximum absolute atomic E-state index is 5.62. The van der Waals surface area contributed by atoms with Crippen molar-refractivity contribution in [2.75, 3.05) is 6.61 Å². The lowest BCUT2D eigenvalue weighted by atomic mass is 10.4. The number of rotatable bonds is 4. The summed E-state index contributed by atoms with van der Waals surface area (Å²) in [7, 11) is -1.24. The molecule has 0 saturated carbocycles. The Bertz CT molecular complexity index is 102. The lowest BCUT2D eigenvalue weighted by Crippen LogP contribution is -2.25. The van der Waals surface area contributed by atoms with Crippen molar-refractivity contribution in [3.63, 3.8) is 0 Å². The zero-order valence-corrected chi connectivity index (χ0v) is 8.48. The van der Waals surface area contributed by atoms with Crippen molar-refractivity contribution in [2.45, 2.75) is 33.0 Å². The van der Waals surface area contributed by atoms with E-state index in [0.717, 1.165) is 13.0 Å². The Morgan fingerprint density at radius 3 is 2.30 bits per heavy atom. The summed E-state index contributed by atoms with van der Waals surface area (Å²) in [5, 5.41) is 0. The molecule has 0 aromatic rings. The highest BCUT2D eigenvalue weighted by Gasteiger charge is 2.12. The van der Waals surface area contributed by atoms with Gasteiger partial charge in [-0.3, -0.25) is 0 Å². The molecule has 2 heteroatoms. The smallest absolute Gasteiger partial charge is 0.183 e. The summed E-state index contributed by atoms with van der Waals surface area (Å²) in [6.07, 6.45) is 5.26. The van der Waals surface area contributed by atoms with Crippen LogP contribution in [0.25, 0.3) is 0 Å². The van der Waals surface area contributed by atoms with E-state index in [1.54, 1.807) is 0 Å². The Kier molecular flexibility index (Phi) is 4.65. The normalized spacial score (nSPS) is 12.8. The van der Waals surface area contributed by atoms with E-state index >= 15 is 0 Å². The summed E-state index contributed by atoms with van der Waals surface area (Å²) < 4.78 is 5.62. The lowest BCUT2D eigenvalue weighted by Gasteiger charge is -2.15. The van der Waals surface area contributed by atoms with Gasteiger partial charge in [0.15, 0.2) is 8.32 Å². The maximum atomic E-state index is 5.62. The molecule has 0 fully saturated rings. The summed E-state index contributed by atoms with van der Waals surface area (Å²) >= 11 is 0. The molecule has 0 aromatic heterocycles. The molecule has 1 nitrogen and oxygen atoms in total. The van der Waals surface area contributed by atoms with Crippen molar-refractivity contribution in [2.24, 2.45) is 0 Å². The number of allylic oxidation sites excluding steroid dienone is 1. The molecule has 10 heavy (non-hydrogen) atoms. The second-order valence-electron chi connectivity index (χ2n) is 3.32. The molecule has 60 valence electrons. The Morgan fingerprint density at radius 2 is 1.90 bits per heavy atom. The molecule has 0 heterocycles. The quantitative estimate of drug-likeness (QED) is 0.347. The van der Waals surface area contributed by atoms with E-state index in [-0.39, 0.29) is 0 Å². The van der Waals surface area contributed by atoms with E-state index in [4.69, 9.17) is 4.43 Å². The highest BCUT2D eigenvalue weighted by molar-refractivity contribution is 6.69. The minimum Gasteiger partial charge on any atom is -0.417 e. The van der Waals surface area contributed by atoms with E-state index < -0.39 is 8.32 Å². The van der Waals surface area contributed by atoms with Crippen LogP contribution in [0.3, 0.4) is 0 Å². The molecule has 0 aromatic carbocycles. The first-order valence-electron chi connectivity index (χ1n) is 3.81. The lowest BCUT2D eigenvalue weighted by molar-refractivity contribution is 0.319. The van der Waals surface area contributed by atoms with Crippen LogP contribution < -0.4 is 0 Å². The highest BCUT2D eigenvalue weighted by Crippen LogP contribution is 2.02. The molecular formula is C8H18OSi. The average Bonchev–Trinajstić information content (AvgIpc) is 1.78. The Balaban J connectivity index is 3.20. The van der Waals surface area contributed by atoms with Crippen molar-refractivity contribution in [1.29, 1.82) is 0 Å². The molecule has 0 radical (unpaired) electrons. The molecule has 0 unspecified atom stereocenters. The first-order valence-corrected chi connectivity index (χ1v) is 7.22. The van der Waals surface area contributed by atoms with Gasteiger partial charge in [-0.15, -0.1) is 0 Å². The third-order valence-electron chi connectivity index (χ3n) is 1.06. The second-order valence-corrected chi connectivity index (χ2v) is 7.83. The fraction of sp³-hybridized carbons (Fsp3) is 0.750. The molecule has 0 aliphatic heterocycles. The third kappa shape index (κ3) is 7.92. The fourth-order valence-corrected chi connectivity index (χ4v) is 1.33. The van der Waals surface area contributed by atoms with Crippen molar-refractivity contribution in [3.8, 4) is 0 Å². The Labute approximate surface area is 65.2 Å². The monoisotopic (exact) mass is 158 g/mol. The first-order chi connectivity index (χ1) is 4.56. The van der Waals surface area contributed by atoms with Gasteiger partial charge in [-0.05, 0) is 33.0 Å². The van der Waals surface area contributed by atoms with Gasteiger partial charge in [-0.2, -0.15) is 0 Å². The van der Waals surface area contributed by atoms with Crippen LogP contribution in [0.4, 0.5) is 0 Å². The first kappa shape index (κ1) is 9.92. The highest BCUT2D eigenvalue weighted by atomic mass is 28.4. The van der Waals surface area contributed by atoms with Crippen LogP contribution in [-0.2, 0) is 4.43 Å². The molecular weight excluding hydrogens is 140 g/mol. The van der Waals surface area contributed by atoms with Crippen LogP contribution in [-0.4, -0.2) is 14.9 Å². The molecule has 0 saturated heterocycles. The van der Waals surface area contributed by atoms with Crippen LogP contribution in [0.2, 0.25) is 19.6 Å². The van der Waals surface area contributed by atoms with Gasteiger partial charge < -0.3 is 4.43 Å². The van der Waals surface area contributed by atoms with Crippen molar-refractivity contribution in [1.82, 2.24) is 0 Å².